The second kappa shape index (κ2) is 6.91. The largest absolute Gasteiger partial charge is 0.416 e. The average molecular weight is 328 g/mol. The van der Waals surface area contributed by atoms with Crippen molar-refractivity contribution in [2.75, 3.05) is 32.7 Å². The van der Waals surface area contributed by atoms with Crippen molar-refractivity contribution in [3.63, 3.8) is 0 Å². The first-order valence-electron chi connectivity index (χ1n) is 7.96. The summed E-state index contributed by atoms with van der Waals surface area (Å²) in [7, 11) is 0. The Hall–Kier alpha value is -1.56. The number of carbonyl (C=O) groups is 1. The van der Waals surface area contributed by atoms with Crippen molar-refractivity contribution in [1.82, 2.24) is 9.80 Å². The summed E-state index contributed by atoms with van der Waals surface area (Å²) in [5, 5.41) is 0. The number of carbonyl (C=O) groups excluding carboxylic acids is 1. The van der Waals surface area contributed by atoms with Gasteiger partial charge in [0.15, 0.2) is 0 Å². The molecular formula is C17H23F3N2O. The van der Waals surface area contributed by atoms with Crippen LogP contribution < -0.4 is 0 Å². The Morgan fingerprint density at radius 1 is 1.13 bits per heavy atom. The van der Waals surface area contributed by atoms with Gasteiger partial charge in [0.1, 0.15) is 0 Å². The van der Waals surface area contributed by atoms with Crippen LogP contribution in [0.4, 0.5) is 13.2 Å². The number of alkyl halides is 3. The maximum atomic E-state index is 13.1. The van der Waals surface area contributed by atoms with E-state index in [1.165, 1.54) is 0 Å². The van der Waals surface area contributed by atoms with Gasteiger partial charge in [0.05, 0.1) is 5.56 Å². The molecule has 0 aromatic heterocycles. The number of hydrogen-bond acceptors (Lipinski definition) is 2. The molecule has 1 amide bonds. The first-order chi connectivity index (χ1) is 10.7. The number of rotatable bonds is 3. The van der Waals surface area contributed by atoms with Crippen molar-refractivity contribution < 1.29 is 18.0 Å². The molecule has 1 aromatic rings. The van der Waals surface area contributed by atoms with Gasteiger partial charge in [0.25, 0.3) is 5.91 Å². The number of hydrogen-bond donors (Lipinski definition) is 0. The molecule has 0 atom stereocenters. The van der Waals surface area contributed by atoms with Gasteiger partial charge in [-0.3, -0.25) is 4.79 Å². The highest BCUT2D eigenvalue weighted by atomic mass is 19.4. The SMILES string of the molecule is CCN1CCN(C(=O)c2cc(C(C)C)cc(C(F)(F)F)c2)CC1. The van der Waals surface area contributed by atoms with E-state index in [2.05, 4.69) is 11.8 Å². The summed E-state index contributed by atoms with van der Waals surface area (Å²) in [5.41, 5.74) is -0.0805. The minimum atomic E-state index is -4.44. The topological polar surface area (TPSA) is 23.6 Å². The molecule has 1 fully saturated rings. The van der Waals surface area contributed by atoms with Crippen LogP contribution in [-0.2, 0) is 6.18 Å². The van der Waals surface area contributed by atoms with E-state index in [0.717, 1.165) is 31.8 Å². The Kier molecular flexibility index (Phi) is 5.34. The Morgan fingerprint density at radius 2 is 1.74 bits per heavy atom. The fourth-order valence-corrected chi connectivity index (χ4v) is 2.72. The van der Waals surface area contributed by atoms with Crippen LogP contribution in [0.15, 0.2) is 18.2 Å². The van der Waals surface area contributed by atoms with E-state index in [-0.39, 0.29) is 17.4 Å². The van der Waals surface area contributed by atoms with E-state index in [9.17, 15) is 18.0 Å². The van der Waals surface area contributed by atoms with Gasteiger partial charge >= 0.3 is 6.18 Å². The normalized spacial score (nSPS) is 16.9. The molecule has 0 aliphatic carbocycles. The predicted molar refractivity (Wildman–Crippen MR) is 83.6 cm³/mol. The summed E-state index contributed by atoms with van der Waals surface area (Å²) in [6, 6.07) is 3.70. The molecule has 1 heterocycles. The van der Waals surface area contributed by atoms with Gasteiger partial charge in [0, 0.05) is 31.7 Å². The van der Waals surface area contributed by atoms with Crippen LogP contribution in [-0.4, -0.2) is 48.4 Å². The van der Waals surface area contributed by atoms with E-state index >= 15 is 0 Å². The van der Waals surface area contributed by atoms with Crippen LogP contribution in [0.2, 0.25) is 0 Å². The number of piperazine rings is 1. The fraction of sp³-hybridized carbons (Fsp3) is 0.588. The van der Waals surface area contributed by atoms with Crippen molar-refractivity contribution in [2.24, 2.45) is 0 Å². The highest BCUT2D eigenvalue weighted by Crippen LogP contribution is 2.32. The van der Waals surface area contributed by atoms with Gasteiger partial charge in [-0.25, -0.2) is 0 Å². The van der Waals surface area contributed by atoms with Crippen molar-refractivity contribution in [3.05, 3.63) is 34.9 Å². The van der Waals surface area contributed by atoms with Gasteiger partial charge in [-0.05, 0) is 36.2 Å². The maximum absolute atomic E-state index is 13.1. The van der Waals surface area contributed by atoms with Gasteiger partial charge in [0.2, 0.25) is 0 Å². The van der Waals surface area contributed by atoms with Crippen LogP contribution in [0.3, 0.4) is 0 Å². The van der Waals surface area contributed by atoms with Gasteiger partial charge in [-0.1, -0.05) is 20.8 Å². The highest BCUT2D eigenvalue weighted by molar-refractivity contribution is 5.94. The Morgan fingerprint density at radius 3 is 2.22 bits per heavy atom. The number of likely N-dealkylation sites (N-methyl/N-ethyl adjacent to an activating group) is 1. The van der Waals surface area contributed by atoms with E-state index in [1.807, 2.05) is 13.8 Å². The second-order valence-corrected chi connectivity index (χ2v) is 6.22. The molecule has 1 aromatic carbocycles. The number of halogens is 3. The molecule has 0 N–H and O–H groups in total. The molecule has 23 heavy (non-hydrogen) atoms. The lowest BCUT2D eigenvalue weighted by atomic mass is 9.97. The van der Waals surface area contributed by atoms with E-state index in [0.29, 0.717) is 18.7 Å². The molecule has 6 heteroatoms. The third kappa shape index (κ3) is 4.25. The molecule has 3 nitrogen and oxygen atoms in total. The zero-order valence-electron chi connectivity index (χ0n) is 13.8. The lowest BCUT2D eigenvalue weighted by molar-refractivity contribution is -0.137. The Labute approximate surface area is 135 Å². The smallest absolute Gasteiger partial charge is 0.336 e. The van der Waals surface area contributed by atoms with Crippen molar-refractivity contribution in [1.29, 1.82) is 0 Å². The molecule has 0 saturated carbocycles. The summed E-state index contributed by atoms with van der Waals surface area (Å²) >= 11 is 0. The third-order valence-corrected chi connectivity index (χ3v) is 4.30. The quantitative estimate of drug-likeness (QED) is 0.846. The molecule has 1 saturated heterocycles. The van der Waals surface area contributed by atoms with Crippen molar-refractivity contribution in [3.8, 4) is 0 Å². The number of nitrogens with zero attached hydrogens (tertiary/aromatic N) is 2. The van der Waals surface area contributed by atoms with Crippen molar-refractivity contribution >= 4 is 5.91 Å². The summed E-state index contributed by atoms with van der Waals surface area (Å²) in [6.45, 7) is 9.26. The number of amides is 1. The van der Waals surface area contributed by atoms with Gasteiger partial charge in [-0.15, -0.1) is 0 Å². The second-order valence-electron chi connectivity index (χ2n) is 6.22. The van der Waals surface area contributed by atoms with Crippen LogP contribution in [0.25, 0.3) is 0 Å². The minimum absolute atomic E-state index is 0.0687. The van der Waals surface area contributed by atoms with Crippen molar-refractivity contribution in [2.45, 2.75) is 32.9 Å². The summed E-state index contributed by atoms with van der Waals surface area (Å²) < 4.78 is 39.2. The molecule has 128 valence electrons. The van der Waals surface area contributed by atoms with Crippen LogP contribution in [0, 0.1) is 0 Å². The van der Waals surface area contributed by atoms with E-state index in [1.54, 1.807) is 11.0 Å². The predicted octanol–water partition coefficient (Wildman–Crippen LogP) is 3.61. The van der Waals surface area contributed by atoms with Crippen LogP contribution >= 0.6 is 0 Å². The molecule has 2 rings (SSSR count). The lowest BCUT2D eigenvalue weighted by Crippen LogP contribution is -2.48. The molecule has 0 spiro atoms. The van der Waals surface area contributed by atoms with Gasteiger partial charge in [-0.2, -0.15) is 13.2 Å². The molecule has 1 aliphatic heterocycles. The molecule has 0 bridgehead atoms. The standard InChI is InChI=1S/C17H23F3N2O/c1-4-21-5-7-22(8-6-21)16(23)14-9-13(12(2)3)10-15(11-14)17(18,19)20/h9-12H,4-8H2,1-3H3. The monoisotopic (exact) mass is 328 g/mol. The summed E-state index contributed by atoms with van der Waals surface area (Å²) in [5.74, 6) is -0.380. The molecule has 0 radical (unpaired) electrons. The van der Waals surface area contributed by atoms with Gasteiger partial charge < -0.3 is 9.80 Å². The zero-order valence-corrected chi connectivity index (χ0v) is 13.8. The maximum Gasteiger partial charge on any atom is 0.416 e. The zero-order chi connectivity index (χ0) is 17.2. The first-order valence-corrected chi connectivity index (χ1v) is 7.96. The highest BCUT2D eigenvalue weighted by Gasteiger charge is 2.32. The Bertz CT molecular complexity index is 561. The summed E-state index contributed by atoms with van der Waals surface area (Å²) in [4.78, 5) is 16.5. The lowest BCUT2D eigenvalue weighted by Gasteiger charge is -2.34. The first kappa shape index (κ1) is 17.8. The molecular weight excluding hydrogens is 305 g/mol. The van der Waals surface area contributed by atoms with Crippen LogP contribution in [0.5, 0.6) is 0 Å². The van der Waals surface area contributed by atoms with E-state index < -0.39 is 11.7 Å². The molecule has 1 aliphatic rings. The molecule has 0 unspecified atom stereocenters. The third-order valence-electron chi connectivity index (χ3n) is 4.30. The number of benzene rings is 1. The fourth-order valence-electron chi connectivity index (χ4n) is 2.72. The Balaban J connectivity index is 2.27. The van der Waals surface area contributed by atoms with Crippen LogP contribution in [0.1, 0.15) is 48.2 Å². The summed E-state index contributed by atoms with van der Waals surface area (Å²) in [6.07, 6.45) is -4.44. The van der Waals surface area contributed by atoms with E-state index in [4.69, 9.17) is 0 Å². The minimum Gasteiger partial charge on any atom is -0.336 e. The average Bonchev–Trinajstić information content (AvgIpc) is 2.53.